The number of rotatable bonds is 3. The Morgan fingerprint density at radius 2 is 2.26 bits per heavy atom. The minimum atomic E-state index is -4.56. The van der Waals surface area contributed by atoms with Gasteiger partial charge in [-0.1, -0.05) is 0 Å². The topological polar surface area (TPSA) is 67.3 Å². The number of carbonyl (C=O) groups excluding carboxylic acids is 1. The quantitative estimate of drug-likeness (QED) is 0.509. The molecule has 2 rings (SSSR count). The molecule has 1 unspecified atom stereocenters. The fourth-order valence-electron chi connectivity index (χ4n) is 1.99. The predicted octanol–water partition coefficient (Wildman–Crippen LogP) is 2.10. The summed E-state index contributed by atoms with van der Waals surface area (Å²) in [6, 6.07) is 1.80. The average molecular weight is 463 g/mol. The lowest BCUT2D eigenvalue weighted by atomic mass is 10.1. The second kappa shape index (κ2) is 5.60. The van der Waals surface area contributed by atoms with Gasteiger partial charge in [-0.2, -0.15) is 8.42 Å². The molecule has 0 aliphatic carbocycles. The molecule has 1 aromatic heterocycles. The minimum absolute atomic E-state index is 0.0248. The van der Waals surface area contributed by atoms with Gasteiger partial charge in [0.15, 0.2) is 0 Å². The van der Waals surface area contributed by atoms with Gasteiger partial charge in [-0.3, -0.25) is 9.69 Å². The molecule has 1 aliphatic rings. The van der Waals surface area contributed by atoms with Crippen molar-refractivity contribution in [3.05, 3.63) is 20.3 Å². The molecule has 2 heterocycles. The van der Waals surface area contributed by atoms with Crippen LogP contribution in [0.15, 0.2) is 16.7 Å². The van der Waals surface area contributed by atoms with E-state index < -0.39 is 21.9 Å². The van der Waals surface area contributed by atoms with Crippen LogP contribution < -0.4 is 4.90 Å². The van der Waals surface area contributed by atoms with Crippen LogP contribution in [0.1, 0.15) is 6.42 Å². The third-order valence-electron chi connectivity index (χ3n) is 2.68. The maximum absolute atomic E-state index is 12.6. The number of amides is 1. The molecule has 0 spiro atoms. The Bertz CT molecular complexity index is 625. The Hall–Kier alpha value is -0.290. The van der Waals surface area contributed by atoms with Crippen LogP contribution in [0.3, 0.4) is 0 Å². The van der Waals surface area contributed by atoms with Crippen LogP contribution in [-0.4, -0.2) is 31.6 Å². The monoisotopic (exact) mass is 462 g/mol. The maximum Gasteiger partial charge on any atom is 0.302 e. The zero-order chi connectivity index (χ0) is 14.2. The van der Waals surface area contributed by atoms with Crippen molar-refractivity contribution in [3.8, 4) is 0 Å². The Morgan fingerprint density at radius 3 is 2.84 bits per heavy atom. The predicted molar refractivity (Wildman–Crippen MR) is 80.0 cm³/mol. The molecule has 19 heavy (non-hydrogen) atoms. The highest BCUT2D eigenvalue weighted by Crippen LogP contribution is 2.29. The fraction of sp³-hybridized carbons (Fsp3) is 0.400. The van der Waals surface area contributed by atoms with Crippen molar-refractivity contribution in [2.24, 2.45) is 5.92 Å². The van der Waals surface area contributed by atoms with Crippen LogP contribution >= 0.6 is 38.5 Å². The van der Waals surface area contributed by atoms with Gasteiger partial charge in [0.25, 0.3) is 0 Å². The normalized spacial score (nSPS) is 20.1. The number of aromatic nitrogens is 1. The number of hydrogen-bond donors (Lipinski definition) is 0. The molecule has 104 valence electrons. The van der Waals surface area contributed by atoms with Crippen molar-refractivity contribution in [2.75, 3.05) is 17.2 Å². The molecule has 0 bridgehead atoms. The van der Waals surface area contributed by atoms with Crippen molar-refractivity contribution >= 4 is 60.5 Å². The van der Waals surface area contributed by atoms with Crippen molar-refractivity contribution in [3.63, 3.8) is 0 Å². The van der Waals surface area contributed by atoms with E-state index in [1.54, 1.807) is 12.3 Å². The van der Waals surface area contributed by atoms with Crippen LogP contribution in [0.25, 0.3) is 0 Å². The van der Waals surface area contributed by atoms with E-state index in [1.165, 1.54) is 4.90 Å². The van der Waals surface area contributed by atoms with Crippen molar-refractivity contribution in [2.45, 2.75) is 6.42 Å². The van der Waals surface area contributed by atoms with E-state index in [4.69, 9.17) is 0 Å². The number of anilines is 1. The summed E-state index contributed by atoms with van der Waals surface area (Å²) in [6.07, 6.45) is 1.58. The smallest absolute Gasteiger partial charge is 0.296 e. The second-order valence-corrected chi connectivity index (χ2v) is 7.73. The number of halogens is 3. The zero-order valence-electron chi connectivity index (χ0n) is 9.51. The van der Waals surface area contributed by atoms with Crippen molar-refractivity contribution in [1.82, 2.24) is 4.98 Å². The van der Waals surface area contributed by atoms with Gasteiger partial charge in [-0.05, 0) is 44.6 Å². The summed E-state index contributed by atoms with van der Waals surface area (Å²) in [6.45, 7) is 0.173. The largest absolute Gasteiger partial charge is 0.302 e. The van der Waals surface area contributed by atoms with Crippen molar-refractivity contribution < 1.29 is 17.1 Å². The van der Waals surface area contributed by atoms with E-state index in [-0.39, 0.29) is 18.9 Å². The van der Waals surface area contributed by atoms with E-state index in [9.17, 15) is 17.1 Å². The molecule has 0 N–H and O–H groups in total. The van der Waals surface area contributed by atoms with E-state index >= 15 is 0 Å². The first-order valence-corrected chi connectivity index (χ1v) is 8.72. The molecule has 5 nitrogen and oxygen atoms in total. The van der Waals surface area contributed by atoms with E-state index in [2.05, 4.69) is 20.9 Å². The third kappa shape index (κ3) is 3.85. The third-order valence-corrected chi connectivity index (χ3v) is 4.78. The molecule has 1 aromatic rings. The lowest BCUT2D eigenvalue weighted by Gasteiger charge is -2.16. The summed E-state index contributed by atoms with van der Waals surface area (Å²) in [7, 11) is -4.56. The first kappa shape index (κ1) is 15.1. The highest BCUT2D eigenvalue weighted by atomic mass is 127. The summed E-state index contributed by atoms with van der Waals surface area (Å²) in [4.78, 5) is 17.4. The summed E-state index contributed by atoms with van der Waals surface area (Å²) in [5.41, 5.74) is 0. The molecule has 1 amide bonds. The highest BCUT2D eigenvalue weighted by Gasteiger charge is 2.35. The summed E-state index contributed by atoms with van der Waals surface area (Å²) in [5, 5.41) is 0. The van der Waals surface area contributed by atoms with E-state index in [0.717, 1.165) is 8.04 Å². The lowest BCUT2D eigenvalue weighted by molar-refractivity contribution is -0.117. The first-order valence-electron chi connectivity index (χ1n) is 5.30. The van der Waals surface area contributed by atoms with E-state index in [0.29, 0.717) is 5.82 Å². The van der Waals surface area contributed by atoms with Crippen LogP contribution in [0, 0.1) is 9.49 Å². The van der Waals surface area contributed by atoms with Crippen LogP contribution in [-0.2, 0) is 15.0 Å². The molecule has 1 saturated heterocycles. The number of nitrogens with zero attached hydrogens (tertiary/aromatic N) is 2. The van der Waals surface area contributed by atoms with Gasteiger partial charge in [0, 0.05) is 29.6 Å². The Kier molecular flexibility index (Phi) is 4.45. The van der Waals surface area contributed by atoms with Gasteiger partial charge >= 0.3 is 10.2 Å². The summed E-state index contributed by atoms with van der Waals surface area (Å²) < 4.78 is 35.5. The SMILES string of the molecule is O=C1CC(CS(=O)(=O)F)CN1c1ncc(Br)cc1I. The summed E-state index contributed by atoms with van der Waals surface area (Å²) >= 11 is 5.31. The van der Waals surface area contributed by atoms with Gasteiger partial charge in [0.05, 0.1) is 9.32 Å². The second-order valence-electron chi connectivity index (χ2n) is 4.24. The Morgan fingerprint density at radius 1 is 1.58 bits per heavy atom. The van der Waals surface area contributed by atoms with Crippen LogP contribution in [0.5, 0.6) is 0 Å². The maximum atomic E-state index is 12.6. The highest BCUT2D eigenvalue weighted by molar-refractivity contribution is 14.1. The molecule has 1 fully saturated rings. The molecule has 1 atom stereocenters. The van der Waals surface area contributed by atoms with Crippen LogP contribution in [0.4, 0.5) is 9.70 Å². The fourth-order valence-corrected chi connectivity index (χ4v) is 4.30. The number of carbonyl (C=O) groups is 1. The lowest BCUT2D eigenvalue weighted by Crippen LogP contribution is -2.27. The van der Waals surface area contributed by atoms with Crippen molar-refractivity contribution in [1.29, 1.82) is 0 Å². The zero-order valence-corrected chi connectivity index (χ0v) is 14.1. The summed E-state index contributed by atoms with van der Waals surface area (Å²) in [5.74, 6) is -0.903. The average Bonchev–Trinajstić information content (AvgIpc) is 2.56. The molecule has 9 heteroatoms. The van der Waals surface area contributed by atoms with Gasteiger partial charge in [-0.25, -0.2) is 4.98 Å². The van der Waals surface area contributed by atoms with E-state index in [1.807, 2.05) is 22.6 Å². The molecular weight excluding hydrogens is 454 g/mol. The van der Waals surface area contributed by atoms with Gasteiger partial charge in [0.2, 0.25) is 5.91 Å². The molecule has 0 saturated carbocycles. The standard InChI is InChI=1S/C10H9BrFIN2O3S/c11-7-2-8(13)10(14-3-7)15-4-6(1-9(15)16)5-19(12,17)18/h2-3,6H,1,4-5H2. The first-order chi connectivity index (χ1) is 8.76. The molecule has 0 aromatic carbocycles. The Labute approximate surface area is 132 Å². The number of pyridine rings is 1. The minimum Gasteiger partial charge on any atom is -0.296 e. The van der Waals surface area contributed by atoms with Gasteiger partial charge in [-0.15, -0.1) is 3.89 Å². The molecular formula is C10H9BrFIN2O3S. The molecule has 0 radical (unpaired) electrons. The Balaban J connectivity index is 2.20. The van der Waals surface area contributed by atoms with Crippen LogP contribution in [0.2, 0.25) is 0 Å². The van der Waals surface area contributed by atoms with Gasteiger partial charge in [0.1, 0.15) is 5.82 Å². The molecule has 1 aliphatic heterocycles. The van der Waals surface area contributed by atoms with Gasteiger partial charge < -0.3 is 0 Å². The number of hydrogen-bond acceptors (Lipinski definition) is 4.